The number of nitrogens with one attached hydrogen (secondary N) is 1. The van der Waals surface area contributed by atoms with E-state index in [-0.39, 0.29) is 11.5 Å². The number of hydrogen-bond acceptors (Lipinski definition) is 4. The van der Waals surface area contributed by atoms with Gasteiger partial charge < -0.3 is 9.88 Å². The fourth-order valence-corrected chi connectivity index (χ4v) is 3.08. The first-order chi connectivity index (χ1) is 12.0. The van der Waals surface area contributed by atoms with Crippen molar-refractivity contribution in [3.05, 3.63) is 36.2 Å². The average molecular weight is 347 g/mol. The summed E-state index contributed by atoms with van der Waals surface area (Å²) < 4.78 is 39.6. The van der Waals surface area contributed by atoms with Crippen molar-refractivity contribution in [3.8, 4) is 11.4 Å². The lowest BCUT2D eigenvalue weighted by Gasteiger charge is -2.28. The van der Waals surface area contributed by atoms with Gasteiger partial charge in [-0.2, -0.15) is 13.2 Å². The molecule has 4 rings (SSSR count). The number of fused-ring (bicyclic) bond motifs is 1. The highest BCUT2D eigenvalue weighted by atomic mass is 19.4. The van der Waals surface area contributed by atoms with Gasteiger partial charge in [-0.05, 0) is 19.3 Å². The summed E-state index contributed by atoms with van der Waals surface area (Å²) in [5.41, 5.74) is 1.29. The molecular formula is C17H16F3N5. The molecule has 25 heavy (non-hydrogen) atoms. The molecule has 0 radical (unpaired) electrons. The van der Waals surface area contributed by atoms with Gasteiger partial charge in [0, 0.05) is 18.7 Å². The van der Waals surface area contributed by atoms with Crippen LogP contribution in [0.25, 0.3) is 22.6 Å². The predicted octanol–water partition coefficient (Wildman–Crippen LogP) is 4.03. The molecule has 1 saturated heterocycles. The first-order valence-corrected chi connectivity index (χ1v) is 8.18. The fraction of sp³-hybridized carbons (Fsp3) is 0.353. The molecule has 1 aliphatic rings. The normalized spacial score (nSPS) is 15.7. The lowest BCUT2D eigenvalue weighted by atomic mass is 10.1. The molecular weight excluding hydrogens is 331 g/mol. The van der Waals surface area contributed by atoms with Gasteiger partial charge in [0.05, 0.1) is 0 Å². The molecule has 0 amide bonds. The summed E-state index contributed by atoms with van der Waals surface area (Å²) >= 11 is 0. The third kappa shape index (κ3) is 3.04. The summed E-state index contributed by atoms with van der Waals surface area (Å²) in [4.78, 5) is 16.7. The van der Waals surface area contributed by atoms with Crippen molar-refractivity contribution in [2.75, 3.05) is 18.0 Å². The molecule has 5 nitrogen and oxygen atoms in total. The van der Waals surface area contributed by atoms with Crippen molar-refractivity contribution in [2.45, 2.75) is 25.4 Å². The third-order valence-corrected chi connectivity index (χ3v) is 4.29. The molecule has 1 N–H and O–H groups in total. The van der Waals surface area contributed by atoms with E-state index in [1.165, 1.54) is 0 Å². The monoisotopic (exact) mass is 347 g/mol. The molecule has 0 spiro atoms. The molecule has 0 bridgehead atoms. The molecule has 0 atom stereocenters. The molecule has 3 aromatic rings. The minimum absolute atomic E-state index is 0.0433. The van der Waals surface area contributed by atoms with Crippen LogP contribution < -0.4 is 4.90 Å². The van der Waals surface area contributed by atoms with E-state index >= 15 is 0 Å². The van der Waals surface area contributed by atoms with Crippen LogP contribution in [0.1, 0.15) is 25.1 Å². The fourth-order valence-electron chi connectivity index (χ4n) is 3.08. The number of piperidine rings is 1. The topological polar surface area (TPSA) is 57.7 Å². The maximum absolute atomic E-state index is 13.2. The Labute approximate surface area is 141 Å². The second kappa shape index (κ2) is 6.02. The first kappa shape index (κ1) is 15.9. The quantitative estimate of drug-likeness (QED) is 0.760. The van der Waals surface area contributed by atoms with E-state index in [4.69, 9.17) is 0 Å². The molecule has 0 unspecified atom stereocenters. The van der Waals surface area contributed by atoms with Crippen LogP contribution in [0.4, 0.5) is 19.0 Å². The van der Waals surface area contributed by atoms with Crippen LogP contribution in [0, 0.1) is 0 Å². The Morgan fingerprint density at radius 2 is 1.64 bits per heavy atom. The van der Waals surface area contributed by atoms with Crippen LogP contribution in [-0.2, 0) is 6.18 Å². The maximum Gasteiger partial charge on any atom is 0.451 e. The van der Waals surface area contributed by atoms with Crippen LogP contribution in [0.2, 0.25) is 0 Å². The van der Waals surface area contributed by atoms with E-state index in [1.54, 1.807) is 0 Å². The zero-order chi connectivity index (χ0) is 17.4. The van der Waals surface area contributed by atoms with Gasteiger partial charge in [0.25, 0.3) is 0 Å². The predicted molar refractivity (Wildman–Crippen MR) is 88.2 cm³/mol. The van der Waals surface area contributed by atoms with Gasteiger partial charge in [0.1, 0.15) is 11.3 Å². The second-order valence-corrected chi connectivity index (χ2v) is 6.07. The van der Waals surface area contributed by atoms with Gasteiger partial charge in [-0.15, -0.1) is 0 Å². The van der Waals surface area contributed by atoms with E-state index in [0.29, 0.717) is 24.4 Å². The summed E-state index contributed by atoms with van der Waals surface area (Å²) in [6.07, 6.45) is -1.65. The number of aromatic nitrogens is 4. The van der Waals surface area contributed by atoms with Gasteiger partial charge in [-0.3, -0.25) is 0 Å². The van der Waals surface area contributed by atoms with Crippen LogP contribution in [0.5, 0.6) is 0 Å². The molecule has 1 fully saturated rings. The van der Waals surface area contributed by atoms with Crippen molar-refractivity contribution in [1.82, 2.24) is 19.9 Å². The lowest BCUT2D eigenvalue weighted by Crippen LogP contribution is -2.31. The largest absolute Gasteiger partial charge is 0.451 e. The van der Waals surface area contributed by atoms with Crippen LogP contribution >= 0.6 is 0 Å². The smallest absolute Gasteiger partial charge is 0.355 e. The van der Waals surface area contributed by atoms with Gasteiger partial charge in [0.15, 0.2) is 11.5 Å². The Bertz CT molecular complexity index is 882. The molecule has 3 heterocycles. The number of alkyl halides is 3. The van der Waals surface area contributed by atoms with Crippen molar-refractivity contribution in [2.24, 2.45) is 0 Å². The summed E-state index contributed by atoms with van der Waals surface area (Å²) in [6, 6.07) is 9.25. The number of hydrogen-bond donors (Lipinski definition) is 1. The van der Waals surface area contributed by atoms with Crippen molar-refractivity contribution < 1.29 is 13.2 Å². The number of aromatic amines is 1. The summed E-state index contributed by atoms with van der Waals surface area (Å²) in [5.74, 6) is -0.374. The Hall–Kier alpha value is -2.64. The average Bonchev–Trinajstić information content (AvgIpc) is 3.06. The SMILES string of the molecule is FC(F)(F)c1nc(N2CCCCC2)c2[nH]c(-c3ccccc3)nc2n1. The Morgan fingerprint density at radius 3 is 2.32 bits per heavy atom. The lowest BCUT2D eigenvalue weighted by molar-refractivity contribution is -0.144. The summed E-state index contributed by atoms with van der Waals surface area (Å²) in [6.45, 7) is 1.37. The van der Waals surface area contributed by atoms with Crippen molar-refractivity contribution in [3.63, 3.8) is 0 Å². The molecule has 130 valence electrons. The highest BCUT2D eigenvalue weighted by Crippen LogP contribution is 2.33. The van der Waals surface area contributed by atoms with Gasteiger partial charge in [-0.1, -0.05) is 30.3 Å². The molecule has 0 saturated carbocycles. The van der Waals surface area contributed by atoms with E-state index in [1.807, 2.05) is 35.2 Å². The zero-order valence-corrected chi connectivity index (χ0v) is 13.3. The number of halogens is 3. The molecule has 1 aromatic carbocycles. The minimum atomic E-state index is -4.61. The van der Waals surface area contributed by atoms with Crippen LogP contribution in [0.15, 0.2) is 30.3 Å². The van der Waals surface area contributed by atoms with E-state index < -0.39 is 12.0 Å². The molecule has 8 heteroatoms. The number of H-pyrrole nitrogens is 1. The van der Waals surface area contributed by atoms with Gasteiger partial charge in [0.2, 0.25) is 5.82 Å². The Morgan fingerprint density at radius 1 is 0.920 bits per heavy atom. The standard InChI is InChI=1S/C17H16F3N5/c18-17(19,20)16-23-14-12(15(24-16)25-9-5-2-6-10-25)21-13(22-14)11-7-3-1-4-8-11/h1,3-4,7-8H,2,5-6,9-10H2,(H,21,22,23,24). The maximum atomic E-state index is 13.2. The van der Waals surface area contributed by atoms with E-state index in [0.717, 1.165) is 24.8 Å². The number of rotatable bonds is 2. The minimum Gasteiger partial charge on any atom is -0.355 e. The molecule has 1 aliphatic heterocycles. The first-order valence-electron chi connectivity index (χ1n) is 8.18. The molecule has 0 aliphatic carbocycles. The van der Waals surface area contributed by atoms with Crippen LogP contribution in [-0.4, -0.2) is 33.0 Å². The van der Waals surface area contributed by atoms with Crippen molar-refractivity contribution >= 4 is 17.0 Å². The number of imidazole rings is 1. The number of anilines is 1. The third-order valence-electron chi connectivity index (χ3n) is 4.29. The highest BCUT2D eigenvalue weighted by molar-refractivity contribution is 5.86. The van der Waals surface area contributed by atoms with Gasteiger partial charge >= 0.3 is 6.18 Å². The van der Waals surface area contributed by atoms with E-state index in [9.17, 15) is 13.2 Å². The van der Waals surface area contributed by atoms with Crippen molar-refractivity contribution in [1.29, 1.82) is 0 Å². The highest BCUT2D eigenvalue weighted by Gasteiger charge is 2.37. The summed E-state index contributed by atoms with van der Waals surface area (Å²) in [5, 5.41) is 0. The number of nitrogens with zero attached hydrogens (tertiary/aromatic N) is 4. The Balaban J connectivity index is 1.89. The molecule has 2 aromatic heterocycles. The zero-order valence-electron chi connectivity index (χ0n) is 13.3. The van der Waals surface area contributed by atoms with Crippen LogP contribution in [0.3, 0.4) is 0 Å². The second-order valence-electron chi connectivity index (χ2n) is 6.07. The number of benzene rings is 1. The summed E-state index contributed by atoms with van der Waals surface area (Å²) in [7, 11) is 0. The van der Waals surface area contributed by atoms with E-state index in [2.05, 4.69) is 19.9 Å². The Kier molecular flexibility index (Phi) is 3.82. The van der Waals surface area contributed by atoms with Gasteiger partial charge in [-0.25, -0.2) is 15.0 Å².